The van der Waals surface area contributed by atoms with Crippen LogP contribution in [0.4, 0.5) is 16.2 Å². The summed E-state index contributed by atoms with van der Waals surface area (Å²) >= 11 is 4.94. The quantitative estimate of drug-likeness (QED) is 0.538. The molecule has 0 atom stereocenters. The van der Waals surface area contributed by atoms with Crippen molar-refractivity contribution in [1.82, 2.24) is 0 Å². The molecule has 0 bridgehead atoms. The highest BCUT2D eigenvalue weighted by atomic mass is 79.9. The molecular weight excluding hydrogens is 352 g/mol. The Morgan fingerprint density at radius 3 is 2.71 bits per heavy atom. The first-order chi connectivity index (χ1) is 9.99. The largest absolute Gasteiger partial charge is 0.505 e. The molecule has 2 aromatic rings. The lowest BCUT2D eigenvalue weighted by molar-refractivity contribution is 0.262. The van der Waals surface area contributed by atoms with Crippen molar-refractivity contribution in [3.63, 3.8) is 0 Å². The Hall–Kier alpha value is -1.66. The zero-order valence-electron chi connectivity index (χ0n) is 11.6. The number of hydrogen-bond donors (Lipinski definition) is 3. The number of carbonyl (C=O) groups excluding carboxylic acids is 1. The number of aryl methyl sites for hydroxylation is 1. The lowest BCUT2D eigenvalue weighted by Gasteiger charge is -2.11. The molecule has 4 nitrogen and oxygen atoms in total. The lowest BCUT2D eigenvalue weighted by Crippen LogP contribution is -2.19. The number of halogens is 1. The van der Waals surface area contributed by atoms with Gasteiger partial charge in [0, 0.05) is 15.1 Å². The number of anilines is 2. The van der Waals surface area contributed by atoms with Crippen LogP contribution in [-0.4, -0.2) is 17.4 Å². The maximum absolute atomic E-state index is 12.0. The summed E-state index contributed by atoms with van der Waals surface area (Å²) in [7, 11) is 0. The highest BCUT2D eigenvalue weighted by Gasteiger charge is 2.10. The van der Waals surface area contributed by atoms with E-state index in [0.717, 1.165) is 9.37 Å². The van der Waals surface area contributed by atoms with Gasteiger partial charge < -0.3 is 15.7 Å². The Kier molecular flexibility index (Phi) is 5.14. The minimum atomic E-state index is -0.402. The van der Waals surface area contributed by atoms with E-state index >= 15 is 0 Å². The molecular formula is C15H15BrN2O2S. The number of aromatic hydroxyl groups is 1. The highest BCUT2D eigenvalue weighted by molar-refractivity contribution is 9.10. The van der Waals surface area contributed by atoms with Crippen LogP contribution in [0.5, 0.6) is 5.75 Å². The number of phenolic OH excluding ortho intramolecular Hbond substituents is 1. The molecule has 0 unspecified atom stereocenters. The average Bonchev–Trinajstić information content (AvgIpc) is 2.44. The monoisotopic (exact) mass is 366 g/mol. The number of thioether (sulfide) groups is 1. The standard InChI is InChI=1S/C15H15BrN2O2S/c1-9-6-10(16)7-13(14(9)19)18-15(20)17-11-4-3-5-12(8-11)21-2/h3-8,19H,1-2H3,(H2,17,18,20). The van der Waals surface area contributed by atoms with Crippen LogP contribution in [0.3, 0.4) is 0 Å². The molecule has 0 saturated carbocycles. The first-order valence-corrected chi connectivity index (χ1v) is 8.22. The predicted octanol–water partition coefficient (Wildman–Crippen LogP) is 4.83. The SMILES string of the molecule is CSc1cccc(NC(=O)Nc2cc(Br)cc(C)c2O)c1. The predicted molar refractivity (Wildman–Crippen MR) is 91.4 cm³/mol. The fourth-order valence-electron chi connectivity index (χ4n) is 1.82. The minimum absolute atomic E-state index is 0.0613. The first-order valence-electron chi connectivity index (χ1n) is 6.21. The summed E-state index contributed by atoms with van der Waals surface area (Å²) < 4.78 is 0.789. The van der Waals surface area contributed by atoms with Crippen molar-refractivity contribution in [2.24, 2.45) is 0 Å². The van der Waals surface area contributed by atoms with E-state index in [0.29, 0.717) is 16.9 Å². The Labute approximate surface area is 136 Å². The van der Waals surface area contributed by atoms with E-state index in [4.69, 9.17) is 0 Å². The number of rotatable bonds is 3. The second-order valence-corrected chi connectivity index (χ2v) is 6.23. The van der Waals surface area contributed by atoms with Gasteiger partial charge in [0.1, 0.15) is 5.75 Å². The summed E-state index contributed by atoms with van der Waals surface area (Å²) in [6.45, 7) is 1.77. The maximum atomic E-state index is 12.0. The Bertz CT molecular complexity index is 677. The molecule has 2 rings (SSSR count). The van der Waals surface area contributed by atoms with Crippen LogP contribution < -0.4 is 10.6 Å². The van der Waals surface area contributed by atoms with Crippen molar-refractivity contribution >= 4 is 45.1 Å². The van der Waals surface area contributed by atoms with E-state index in [1.165, 1.54) is 0 Å². The Morgan fingerprint density at radius 1 is 1.24 bits per heavy atom. The van der Waals surface area contributed by atoms with Crippen LogP contribution in [0.15, 0.2) is 45.8 Å². The Balaban J connectivity index is 2.11. The van der Waals surface area contributed by atoms with Crippen LogP contribution in [0.1, 0.15) is 5.56 Å². The maximum Gasteiger partial charge on any atom is 0.323 e. The molecule has 2 aromatic carbocycles. The van der Waals surface area contributed by atoms with Crippen molar-refractivity contribution in [1.29, 1.82) is 0 Å². The first kappa shape index (κ1) is 15.7. The summed E-state index contributed by atoms with van der Waals surface area (Å²) in [6.07, 6.45) is 1.97. The molecule has 0 radical (unpaired) electrons. The van der Waals surface area contributed by atoms with Gasteiger partial charge in [-0.2, -0.15) is 0 Å². The van der Waals surface area contributed by atoms with Gasteiger partial charge in [-0.05, 0) is 49.1 Å². The third-order valence-electron chi connectivity index (χ3n) is 2.84. The number of amides is 2. The van der Waals surface area contributed by atoms with E-state index in [1.54, 1.807) is 30.8 Å². The van der Waals surface area contributed by atoms with Gasteiger partial charge >= 0.3 is 6.03 Å². The highest BCUT2D eigenvalue weighted by Crippen LogP contribution is 2.31. The molecule has 0 spiro atoms. The Morgan fingerprint density at radius 2 is 2.00 bits per heavy atom. The minimum Gasteiger partial charge on any atom is -0.505 e. The molecule has 21 heavy (non-hydrogen) atoms. The fourth-order valence-corrected chi connectivity index (χ4v) is 2.85. The number of urea groups is 1. The number of phenols is 1. The molecule has 2 amide bonds. The van der Waals surface area contributed by atoms with Crippen molar-refractivity contribution in [2.75, 3.05) is 16.9 Å². The van der Waals surface area contributed by atoms with Gasteiger partial charge in [0.2, 0.25) is 0 Å². The van der Waals surface area contributed by atoms with Crippen LogP contribution in [0, 0.1) is 6.92 Å². The zero-order chi connectivity index (χ0) is 15.4. The zero-order valence-corrected chi connectivity index (χ0v) is 14.0. The van der Waals surface area contributed by atoms with E-state index < -0.39 is 6.03 Å². The second-order valence-electron chi connectivity index (χ2n) is 4.43. The van der Waals surface area contributed by atoms with E-state index in [2.05, 4.69) is 26.6 Å². The molecule has 0 saturated heterocycles. The normalized spacial score (nSPS) is 10.2. The van der Waals surface area contributed by atoms with Crippen molar-refractivity contribution in [3.05, 3.63) is 46.4 Å². The van der Waals surface area contributed by atoms with Gasteiger partial charge in [0.25, 0.3) is 0 Å². The van der Waals surface area contributed by atoms with Crippen LogP contribution in [0.25, 0.3) is 0 Å². The number of benzene rings is 2. The summed E-state index contributed by atoms with van der Waals surface area (Å²) in [5.41, 5.74) is 1.75. The third kappa shape index (κ3) is 4.15. The van der Waals surface area contributed by atoms with Gasteiger partial charge in [0.05, 0.1) is 5.69 Å². The van der Waals surface area contributed by atoms with Crippen molar-refractivity contribution in [2.45, 2.75) is 11.8 Å². The van der Waals surface area contributed by atoms with Gasteiger partial charge in [-0.3, -0.25) is 0 Å². The second kappa shape index (κ2) is 6.87. The smallest absolute Gasteiger partial charge is 0.323 e. The summed E-state index contributed by atoms with van der Waals surface area (Å²) in [4.78, 5) is 13.1. The third-order valence-corrected chi connectivity index (χ3v) is 4.02. The molecule has 0 aliphatic carbocycles. The van der Waals surface area contributed by atoms with Gasteiger partial charge in [-0.25, -0.2) is 4.79 Å². The molecule has 6 heteroatoms. The molecule has 110 valence electrons. The van der Waals surface area contributed by atoms with Gasteiger partial charge in [-0.15, -0.1) is 11.8 Å². The van der Waals surface area contributed by atoms with E-state index in [-0.39, 0.29) is 5.75 Å². The summed E-state index contributed by atoms with van der Waals surface area (Å²) in [5.74, 6) is 0.0613. The summed E-state index contributed by atoms with van der Waals surface area (Å²) in [5, 5.41) is 15.3. The van der Waals surface area contributed by atoms with Gasteiger partial charge in [-0.1, -0.05) is 22.0 Å². The topological polar surface area (TPSA) is 61.4 Å². The fraction of sp³-hybridized carbons (Fsp3) is 0.133. The van der Waals surface area contributed by atoms with E-state index in [9.17, 15) is 9.90 Å². The molecule has 0 aliphatic heterocycles. The van der Waals surface area contributed by atoms with E-state index in [1.807, 2.05) is 30.5 Å². The molecule has 0 aromatic heterocycles. The van der Waals surface area contributed by atoms with Crippen LogP contribution in [0.2, 0.25) is 0 Å². The lowest BCUT2D eigenvalue weighted by atomic mass is 10.2. The van der Waals surface area contributed by atoms with Crippen LogP contribution >= 0.6 is 27.7 Å². The molecule has 0 aliphatic rings. The molecule has 0 fully saturated rings. The number of hydrogen-bond acceptors (Lipinski definition) is 3. The average molecular weight is 367 g/mol. The van der Waals surface area contributed by atoms with Crippen molar-refractivity contribution < 1.29 is 9.90 Å². The van der Waals surface area contributed by atoms with Crippen LogP contribution in [-0.2, 0) is 0 Å². The molecule has 0 heterocycles. The number of carbonyl (C=O) groups is 1. The number of nitrogens with one attached hydrogen (secondary N) is 2. The molecule has 3 N–H and O–H groups in total. The summed E-state index contributed by atoms with van der Waals surface area (Å²) in [6, 6.07) is 10.6. The van der Waals surface area contributed by atoms with Crippen molar-refractivity contribution in [3.8, 4) is 5.75 Å². The van der Waals surface area contributed by atoms with Gasteiger partial charge in [0.15, 0.2) is 0 Å².